The third-order valence-electron chi connectivity index (χ3n) is 5.95. The summed E-state index contributed by atoms with van der Waals surface area (Å²) in [6.45, 7) is 0. The van der Waals surface area contributed by atoms with Crippen LogP contribution >= 0.6 is 34.8 Å². The van der Waals surface area contributed by atoms with E-state index in [1.54, 1.807) is 6.07 Å². The van der Waals surface area contributed by atoms with Gasteiger partial charge in [-0.2, -0.15) is 0 Å². The van der Waals surface area contributed by atoms with E-state index in [1.807, 2.05) is 0 Å². The van der Waals surface area contributed by atoms with Crippen LogP contribution < -0.4 is 4.74 Å². The number of carbonyl (C=O) groups excluding carboxylic acids is 2. The molecule has 1 aliphatic carbocycles. The molecule has 2 aromatic carbocycles. The molecule has 1 aliphatic heterocycles. The van der Waals surface area contributed by atoms with E-state index >= 15 is 0 Å². The number of rotatable bonds is 4. The van der Waals surface area contributed by atoms with E-state index in [2.05, 4.69) is 0 Å². The summed E-state index contributed by atoms with van der Waals surface area (Å²) >= 11 is 18.5. The highest BCUT2D eigenvalue weighted by Crippen LogP contribution is 2.46. The number of ketones is 1. The van der Waals surface area contributed by atoms with Crippen LogP contribution in [0.4, 0.5) is 0 Å². The van der Waals surface area contributed by atoms with E-state index in [9.17, 15) is 19.8 Å². The van der Waals surface area contributed by atoms with Gasteiger partial charge in [-0.3, -0.25) is 9.59 Å². The molecule has 1 amide bonds. The van der Waals surface area contributed by atoms with Crippen molar-refractivity contribution in [1.82, 2.24) is 4.90 Å². The Morgan fingerprint density at radius 3 is 2.38 bits per heavy atom. The van der Waals surface area contributed by atoms with Gasteiger partial charge in [-0.1, -0.05) is 53.7 Å². The molecule has 0 bridgehead atoms. The Labute approximate surface area is 199 Å². The Morgan fingerprint density at radius 1 is 1.06 bits per heavy atom. The average molecular weight is 497 g/mol. The molecular weight excluding hydrogens is 477 g/mol. The lowest BCUT2D eigenvalue weighted by Gasteiger charge is -2.31. The maximum atomic E-state index is 13.2. The van der Waals surface area contributed by atoms with E-state index in [0.29, 0.717) is 5.56 Å². The molecule has 0 aromatic heterocycles. The zero-order chi connectivity index (χ0) is 23.2. The van der Waals surface area contributed by atoms with Crippen molar-refractivity contribution in [1.29, 1.82) is 0 Å². The third-order valence-corrected chi connectivity index (χ3v) is 6.75. The summed E-state index contributed by atoms with van der Waals surface area (Å²) in [7, 11) is 1.38. The van der Waals surface area contributed by atoms with E-state index in [-0.39, 0.29) is 43.7 Å². The summed E-state index contributed by atoms with van der Waals surface area (Å²) < 4.78 is 5.33. The number of methoxy groups -OCH3 is 1. The van der Waals surface area contributed by atoms with Gasteiger partial charge in [0.05, 0.1) is 34.3 Å². The summed E-state index contributed by atoms with van der Waals surface area (Å²) in [5, 5.41) is 21.6. The topological polar surface area (TPSA) is 87.1 Å². The van der Waals surface area contributed by atoms with Gasteiger partial charge in [0, 0.05) is 11.1 Å². The van der Waals surface area contributed by atoms with Crippen molar-refractivity contribution in [2.75, 3.05) is 7.11 Å². The predicted octanol–water partition coefficient (Wildman–Crippen LogP) is 5.73. The first-order chi connectivity index (χ1) is 15.2. The van der Waals surface area contributed by atoms with E-state index in [4.69, 9.17) is 39.5 Å². The van der Waals surface area contributed by atoms with Gasteiger partial charge in [0.25, 0.3) is 11.7 Å². The summed E-state index contributed by atoms with van der Waals surface area (Å²) in [5.41, 5.74) is 0.483. The zero-order valence-electron chi connectivity index (χ0n) is 17.1. The predicted molar refractivity (Wildman–Crippen MR) is 123 cm³/mol. The summed E-state index contributed by atoms with van der Waals surface area (Å²) in [6, 6.07) is 6.29. The molecule has 6 nitrogen and oxygen atoms in total. The minimum absolute atomic E-state index is 0.0721. The van der Waals surface area contributed by atoms with Crippen LogP contribution in [0.1, 0.15) is 42.9 Å². The first kappa shape index (κ1) is 22.8. The van der Waals surface area contributed by atoms with Crippen LogP contribution in [0.2, 0.25) is 15.1 Å². The van der Waals surface area contributed by atoms with Crippen LogP contribution in [0, 0.1) is 0 Å². The number of hydrogen-bond donors (Lipinski definition) is 2. The number of aromatic hydroxyl groups is 1. The first-order valence-electron chi connectivity index (χ1n) is 10.1. The Balaban J connectivity index is 1.97. The lowest BCUT2D eigenvalue weighted by atomic mass is 9.94. The normalized spacial score (nSPS) is 20.9. The van der Waals surface area contributed by atoms with Gasteiger partial charge in [0.1, 0.15) is 17.3 Å². The number of aliphatic hydroxyl groups excluding tert-OH is 1. The fourth-order valence-electron chi connectivity index (χ4n) is 4.52. The molecule has 2 aromatic rings. The molecule has 168 valence electrons. The fourth-order valence-corrected chi connectivity index (χ4v) is 5.28. The number of ether oxygens (including phenoxy) is 1. The van der Waals surface area contributed by atoms with Crippen molar-refractivity contribution in [2.45, 2.75) is 37.8 Å². The molecule has 0 spiro atoms. The molecule has 1 atom stereocenters. The second-order valence-electron chi connectivity index (χ2n) is 7.82. The van der Waals surface area contributed by atoms with Crippen molar-refractivity contribution in [3.05, 3.63) is 62.1 Å². The first-order valence-corrected chi connectivity index (χ1v) is 11.2. The van der Waals surface area contributed by atoms with Gasteiger partial charge >= 0.3 is 0 Å². The SMILES string of the molecule is COc1c(Cl)cc(Cl)cc1/C(O)=C1\C(=O)C(=O)N(C2CCCC2)C1c1ccc(O)c(Cl)c1. The average Bonchev–Trinajstić information content (AvgIpc) is 3.36. The number of carbonyl (C=O) groups is 2. The fraction of sp³-hybridized carbons (Fsp3) is 0.304. The van der Waals surface area contributed by atoms with Crippen molar-refractivity contribution in [3.8, 4) is 11.5 Å². The monoisotopic (exact) mass is 495 g/mol. The smallest absolute Gasteiger partial charge is 0.295 e. The second-order valence-corrected chi connectivity index (χ2v) is 9.07. The lowest BCUT2D eigenvalue weighted by molar-refractivity contribution is -0.141. The summed E-state index contributed by atoms with van der Waals surface area (Å²) in [6.07, 6.45) is 3.38. The molecule has 1 heterocycles. The van der Waals surface area contributed by atoms with Gasteiger partial charge in [-0.15, -0.1) is 0 Å². The van der Waals surface area contributed by atoms with Crippen molar-refractivity contribution >= 4 is 52.3 Å². The van der Waals surface area contributed by atoms with Crippen LogP contribution in [-0.2, 0) is 9.59 Å². The van der Waals surface area contributed by atoms with Gasteiger partial charge < -0.3 is 19.8 Å². The van der Waals surface area contributed by atoms with Gasteiger partial charge in [-0.05, 0) is 42.7 Å². The molecule has 1 saturated carbocycles. The molecule has 1 saturated heterocycles. The number of Topliss-reactive ketones (excluding diaryl/α,β-unsaturated/α-hetero) is 1. The van der Waals surface area contributed by atoms with Crippen LogP contribution in [0.15, 0.2) is 35.9 Å². The number of aliphatic hydroxyl groups is 1. The quantitative estimate of drug-likeness (QED) is 0.321. The molecule has 2 fully saturated rings. The maximum Gasteiger partial charge on any atom is 0.295 e. The number of hydrogen-bond acceptors (Lipinski definition) is 5. The molecule has 4 rings (SSSR count). The number of halogens is 3. The largest absolute Gasteiger partial charge is 0.507 e. The van der Waals surface area contributed by atoms with Crippen LogP contribution in [0.25, 0.3) is 5.76 Å². The number of nitrogens with zero attached hydrogens (tertiary/aromatic N) is 1. The molecular formula is C23H20Cl3NO5. The highest BCUT2D eigenvalue weighted by molar-refractivity contribution is 6.47. The standard InChI is InChI=1S/C23H20Cl3NO5/c1-32-22-14(9-12(24)10-16(22)26)20(29)18-19(11-6-7-17(28)15(25)8-11)27(23(31)21(18)30)13-4-2-3-5-13/h6-10,13,19,28-29H,2-5H2,1H3/b20-18+. The Hall–Kier alpha value is -2.41. The number of likely N-dealkylation sites (tertiary alicyclic amines) is 1. The van der Waals surface area contributed by atoms with Crippen LogP contribution in [0.3, 0.4) is 0 Å². The zero-order valence-corrected chi connectivity index (χ0v) is 19.3. The Morgan fingerprint density at radius 2 is 1.75 bits per heavy atom. The van der Waals surface area contributed by atoms with Crippen molar-refractivity contribution < 1.29 is 24.5 Å². The lowest BCUT2D eigenvalue weighted by Crippen LogP contribution is -2.37. The molecule has 1 unspecified atom stereocenters. The summed E-state index contributed by atoms with van der Waals surface area (Å²) in [5.74, 6) is -1.96. The van der Waals surface area contributed by atoms with E-state index in [1.165, 1.54) is 36.3 Å². The Kier molecular flexibility index (Phi) is 6.30. The highest BCUT2D eigenvalue weighted by Gasteiger charge is 2.49. The highest BCUT2D eigenvalue weighted by atomic mass is 35.5. The Bertz CT molecular complexity index is 1140. The number of benzene rings is 2. The van der Waals surface area contributed by atoms with Gasteiger partial charge in [0.15, 0.2) is 0 Å². The molecule has 2 N–H and O–H groups in total. The second kappa shape index (κ2) is 8.85. The van der Waals surface area contributed by atoms with Crippen molar-refractivity contribution in [3.63, 3.8) is 0 Å². The minimum atomic E-state index is -0.890. The van der Waals surface area contributed by atoms with E-state index < -0.39 is 23.5 Å². The number of phenolic OH excluding ortho intramolecular Hbond substituents is 1. The molecule has 0 radical (unpaired) electrons. The van der Waals surface area contributed by atoms with Gasteiger partial charge in [-0.25, -0.2) is 0 Å². The number of amides is 1. The van der Waals surface area contributed by atoms with Gasteiger partial charge in [0.2, 0.25) is 0 Å². The molecule has 9 heteroatoms. The summed E-state index contributed by atoms with van der Waals surface area (Å²) in [4.78, 5) is 27.8. The third kappa shape index (κ3) is 3.81. The van der Waals surface area contributed by atoms with E-state index in [0.717, 1.165) is 25.7 Å². The molecule has 32 heavy (non-hydrogen) atoms. The maximum absolute atomic E-state index is 13.2. The minimum Gasteiger partial charge on any atom is -0.507 e. The van der Waals surface area contributed by atoms with Crippen molar-refractivity contribution in [2.24, 2.45) is 0 Å². The van der Waals surface area contributed by atoms with Crippen LogP contribution in [0.5, 0.6) is 11.5 Å². The number of phenols is 1. The molecule has 2 aliphatic rings. The van der Waals surface area contributed by atoms with Crippen LogP contribution in [-0.4, -0.2) is 40.0 Å².